The fourth-order valence-electron chi connectivity index (χ4n) is 2.64. The number of para-hydroxylation sites is 1. The zero-order valence-electron chi connectivity index (χ0n) is 13.1. The highest BCUT2D eigenvalue weighted by Gasteiger charge is 2.02. The first-order valence-electron chi connectivity index (χ1n) is 8.05. The van der Waals surface area contributed by atoms with E-state index >= 15 is 0 Å². The third kappa shape index (κ3) is 4.27. The molecule has 0 saturated heterocycles. The van der Waals surface area contributed by atoms with Gasteiger partial charge < -0.3 is 10.3 Å². The van der Waals surface area contributed by atoms with Crippen LogP contribution in [0.15, 0.2) is 59.4 Å². The number of aryl methyl sites for hydroxylation is 1. The van der Waals surface area contributed by atoms with Crippen LogP contribution in [-0.4, -0.2) is 23.1 Å². The molecular weight excluding hydrogens is 286 g/mol. The van der Waals surface area contributed by atoms with Gasteiger partial charge in [0.05, 0.1) is 10.9 Å². The van der Waals surface area contributed by atoms with E-state index in [0.717, 1.165) is 43.7 Å². The fourth-order valence-corrected chi connectivity index (χ4v) is 2.64. The van der Waals surface area contributed by atoms with Crippen molar-refractivity contribution in [1.29, 1.82) is 0 Å². The number of hydrogen-bond acceptors (Lipinski definition) is 3. The molecule has 3 aromatic rings. The Bertz CT molecular complexity index is 811. The minimum absolute atomic E-state index is 0.0531. The Morgan fingerprint density at radius 1 is 0.913 bits per heavy atom. The minimum atomic E-state index is -0.0531. The molecule has 4 nitrogen and oxygen atoms in total. The zero-order chi connectivity index (χ0) is 15.9. The Morgan fingerprint density at radius 2 is 1.70 bits per heavy atom. The van der Waals surface area contributed by atoms with Crippen LogP contribution in [0.2, 0.25) is 0 Å². The van der Waals surface area contributed by atoms with Crippen LogP contribution >= 0.6 is 0 Å². The first-order chi connectivity index (χ1) is 11.3. The summed E-state index contributed by atoms with van der Waals surface area (Å²) in [6.45, 7) is 1.88. The summed E-state index contributed by atoms with van der Waals surface area (Å²) in [5, 5.41) is 4.09. The Hall–Kier alpha value is -2.46. The van der Waals surface area contributed by atoms with Crippen molar-refractivity contribution in [3.05, 3.63) is 76.3 Å². The molecule has 0 amide bonds. The number of aromatic amines is 1. The molecule has 0 atom stereocenters. The number of rotatable bonds is 7. The second-order valence-corrected chi connectivity index (χ2v) is 5.62. The molecule has 1 heterocycles. The Kier molecular flexibility index (Phi) is 5.17. The van der Waals surface area contributed by atoms with Gasteiger partial charge in [-0.1, -0.05) is 42.5 Å². The highest BCUT2D eigenvalue weighted by Crippen LogP contribution is 2.06. The standard InChI is InChI=1S/C19H21N3O/c23-19-16-9-4-5-10-17(16)21-18(22-19)11-6-13-20-14-12-15-7-2-1-3-8-15/h1-5,7-10,20H,6,11-14H2,(H,21,22,23). The number of H-pyrrole nitrogens is 1. The van der Waals surface area contributed by atoms with Crippen molar-refractivity contribution in [1.82, 2.24) is 15.3 Å². The Balaban J connectivity index is 1.45. The van der Waals surface area contributed by atoms with E-state index in [0.29, 0.717) is 5.39 Å². The van der Waals surface area contributed by atoms with E-state index in [1.54, 1.807) is 6.07 Å². The van der Waals surface area contributed by atoms with Crippen molar-refractivity contribution in [3.63, 3.8) is 0 Å². The van der Waals surface area contributed by atoms with Gasteiger partial charge in [0.1, 0.15) is 5.82 Å². The first-order valence-corrected chi connectivity index (χ1v) is 8.05. The monoisotopic (exact) mass is 307 g/mol. The Labute approximate surface area is 135 Å². The molecular formula is C19H21N3O. The third-order valence-corrected chi connectivity index (χ3v) is 3.86. The molecule has 0 unspecified atom stereocenters. The van der Waals surface area contributed by atoms with Crippen molar-refractivity contribution >= 4 is 10.9 Å². The second-order valence-electron chi connectivity index (χ2n) is 5.62. The number of benzene rings is 2. The van der Waals surface area contributed by atoms with Gasteiger partial charge in [-0.2, -0.15) is 0 Å². The van der Waals surface area contributed by atoms with Crippen LogP contribution in [0, 0.1) is 0 Å². The molecule has 3 rings (SSSR count). The maximum absolute atomic E-state index is 12.0. The quantitative estimate of drug-likeness (QED) is 0.660. The summed E-state index contributed by atoms with van der Waals surface area (Å²) in [4.78, 5) is 19.4. The molecule has 1 aromatic heterocycles. The SMILES string of the molecule is O=c1[nH]c(CCCNCCc2ccccc2)nc2ccccc12. The van der Waals surface area contributed by atoms with Gasteiger partial charge in [-0.15, -0.1) is 0 Å². The van der Waals surface area contributed by atoms with Crippen LogP contribution in [0.5, 0.6) is 0 Å². The molecule has 4 heteroatoms. The van der Waals surface area contributed by atoms with E-state index in [4.69, 9.17) is 0 Å². The molecule has 2 N–H and O–H groups in total. The normalized spacial score (nSPS) is 11.0. The van der Waals surface area contributed by atoms with Gasteiger partial charge in [0, 0.05) is 6.42 Å². The van der Waals surface area contributed by atoms with Crippen LogP contribution in [0.4, 0.5) is 0 Å². The van der Waals surface area contributed by atoms with E-state index in [1.165, 1.54) is 5.56 Å². The summed E-state index contributed by atoms with van der Waals surface area (Å²) >= 11 is 0. The van der Waals surface area contributed by atoms with Crippen molar-refractivity contribution in [3.8, 4) is 0 Å². The van der Waals surface area contributed by atoms with Gasteiger partial charge in [-0.25, -0.2) is 4.98 Å². The summed E-state index contributed by atoms with van der Waals surface area (Å²) in [5.74, 6) is 0.763. The van der Waals surface area contributed by atoms with E-state index < -0.39 is 0 Å². The summed E-state index contributed by atoms with van der Waals surface area (Å²) < 4.78 is 0. The highest BCUT2D eigenvalue weighted by molar-refractivity contribution is 5.77. The molecule has 0 fully saturated rings. The van der Waals surface area contributed by atoms with Crippen molar-refractivity contribution < 1.29 is 0 Å². The van der Waals surface area contributed by atoms with Crippen LogP contribution in [0.1, 0.15) is 17.8 Å². The molecule has 0 bridgehead atoms. The fraction of sp³-hybridized carbons (Fsp3) is 0.263. The molecule has 0 radical (unpaired) electrons. The molecule has 0 saturated carbocycles. The van der Waals surface area contributed by atoms with E-state index in [1.807, 2.05) is 24.3 Å². The molecule has 23 heavy (non-hydrogen) atoms. The lowest BCUT2D eigenvalue weighted by Gasteiger charge is -2.05. The maximum atomic E-state index is 12.0. The summed E-state index contributed by atoms with van der Waals surface area (Å²) in [5.41, 5.74) is 2.06. The highest BCUT2D eigenvalue weighted by atomic mass is 16.1. The van der Waals surface area contributed by atoms with Gasteiger partial charge >= 0.3 is 0 Å². The van der Waals surface area contributed by atoms with Crippen molar-refractivity contribution in [2.24, 2.45) is 0 Å². The molecule has 2 aromatic carbocycles. The van der Waals surface area contributed by atoms with Crippen LogP contribution in [0.25, 0.3) is 10.9 Å². The summed E-state index contributed by atoms with van der Waals surface area (Å²) in [6, 6.07) is 17.9. The number of hydrogen-bond donors (Lipinski definition) is 2. The molecule has 0 aliphatic heterocycles. The molecule has 118 valence electrons. The number of nitrogens with zero attached hydrogens (tertiary/aromatic N) is 1. The van der Waals surface area contributed by atoms with E-state index in [9.17, 15) is 4.79 Å². The van der Waals surface area contributed by atoms with Crippen molar-refractivity contribution in [2.75, 3.05) is 13.1 Å². The third-order valence-electron chi connectivity index (χ3n) is 3.86. The average Bonchev–Trinajstić information content (AvgIpc) is 2.59. The molecule has 0 aliphatic carbocycles. The van der Waals surface area contributed by atoms with Gasteiger partial charge in [-0.3, -0.25) is 4.79 Å². The predicted octanol–water partition coefficient (Wildman–Crippen LogP) is 2.69. The zero-order valence-corrected chi connectivity index (χ0v) is 13.1. The van der Waals surface area contributed by atoms with Gasteiger partial charge in [0.15, 0.2) is 0 Å². The molecule has 0 aliphatic rings. The average molecular weight is 307 g/mol. The topological polar surface area (TPSA) is 57.8 Å². The number of fused-ring (bicyclic) bond motifs is 1. The van der Waals surface area contributed by atoms with Crippen LogP contribution < -0.4 is 10.9 Å². The van der Waals surface area contributed by atoms with Gasteiger partial charge in [-0.05, 0) is 43.6 Å². The lowest BCUT2D eigenvalue weighted by molar-refractivity contribution is 0.638. The summed E-state index contributed by atoms with van der Waals surface area (Å²) in [6.07, 6.45) is 2.76. The maximum Gasteiger partial charge on any atom is 0.258 e. The molecule has 0 spiro atoms. The Morgan fingerprint density at radius 3 is 2.57 bits per heavy atom. The van der Waals surface area contributed by atoms with Crippen LogP contribution in [0.3, 0.4) is 0 Å². The number of aromatic nitrogens is 2. The van der Waals surface area contributed by atoms with Crippen molar-refractivity contribution in [2.45, 2.75) is 19.3 Å². The predicted molar refractivity (Wildman–Crippen MR) is 93.7 cm³/mol. The number of nitrogens with one attached hydrogen (secondary N) is 2. The smallest absolute Gasteiger partial charge is 0.258 e. The van der Waals surface area contributed by atoms with E-state index in [-0.39, 0.29) is 5.56 Å². The lowest BCUT2D eigenvalue weighted by Crippen LogP contribution is -2.20. The van der Waals surface area contributed by atoms with Gasteiger partial charge in [0.2, 0.25) is 0 Å². The lowest BCUT2D eigenvalue weighted by atomic mass is 10.1. The van der Waals surface area contributed by atoms with E-state index in [2.05, 4.69) is 39.6 Å². The minimum Gasteiger partial charge on any atom is -0.316 e. The van der Waals surface area contributed by atoms with Gasteiger partial charge in [0.25, 0.3) is 5.56 Å². The summed E-state index contributed by atoms with van der Waals surface area (Å²) in [7, 11) is 0. The van der Waals surface area contributed by atoms with Crippen LogP contribution in [-0.2, 0) is 12.8 Å². The largest absolute Gasteiger partial charge is 0.316 e. The second kappa shape index (κ2) is 7.70. The first kappa shape index (κ1) is 15.4.